The van der Waals surface area contributed by atoms with Crippen LogP contribution >= 0.6 is 12.4 Å². The zero-order valence-electron chi connectivity index (χ0n) is 9.11. The Hall–Kier alpha value is -1.06. The Labute approximate surface area is 102 Å². The van der Waals surface area contributed by atoms with Crippen LogP contribution in [0.25, 0.3) is 0 Å². The third-order valence-electron chi connectivity index (χ3n) is 3.12. The molecule has 1 aliphatic heterocycles. The second-order valence-electron chi connectivity index (χ2n) is 3.96. The highest BCUT2D eigenvalue weighted by atomic mass is 35.5. The SMILES string of the molecule is Cl.O=CNC1(c2ccccc2)CCNCC1. The molecule has 3 nitrogen and oxygen atoms in total. The minimum atomic E-state index is -0.158. The Morgan fingerprint density at radius 1 is 1.19 bits per heavy atom. The van der Waals surface area contributed by atoms with E-state index in [0.717, 1.165) is 32.3 Å². The number of hydrogen-bond donors (Lipinski definition) is 2. The van der Waals surface area contributed by atoms with Gasteiger partial charge in [-0.15, -0.1) is 12.4 Å². The van der Waals surface area contributed by atoms with Crippen molar-refractivity contribution in [3.05, 3.63) is 35.9 Å². The van der Waals surface area contributed by atoms with E-state index in [4.69, 9.17) is 0 Å². The molecule has 0 saturated carbocycles. The van der Waals surface area contributed by atoms with E-state index in [9.17, 15) is 4.79 Å². The van der Waals surface area contributed by atoms with Crippen molar-refractivity contribution in [3.8, 4) is 0 Å². The highest BCUT2D eigenvalue weighted by Gasteiger charge is 2.32. The lowest BCUT2D eigenvalue weighted by molar-refractivity contribution is -0.111. The molecule has 1 aliphatic rings. The Kier molecular flexibility index (Phi) is 4.77. The largest absolute Gasteiger partial charge is 0.349 e. The number of hydrogen-bond acceptors (Lipinski definition) is 2. The van der Waals surface area contributed by atoms with Gasteiger partial charge < -0.3 is 10.6 Å². The van der Waals surface area contributed by atoms with E-state index in [0.29, 0.717) is 0 Å². The number of piperidine rings is 1. The summed E-state index contributed by atoms with van der Waals surface area (Å²) in [5, 5.41) is 6.31. The standard InChI is InChI=1S/C12H16N2O.ClH/c15-10-14-12(6-8-13-9-7-12)11-4-2-1-3-5-11;/h1-5,10,13H,6-9H2,(H,14,15);1H. The Balaban J connectivity index is 0.00000128. The van der Waals surface area contributed by atoms with Gasteiger partial charge in [-0.05, 0) is 31.5 Å². The monoisotopic (exact) mass is 240 g/mol. The maximum absolute atomic E-state index is 10.7. The van der Waals surface area contributed by atoms with Crippen molar-refractivity contribution in [2.75, 3.05) is 13.1 Å². The molecule has 0 aromatic heterocycles. The number of halogens is 1. The average Bonchev–Trinajstić information content (AvgIpc) is 2.32. The molecule has 2 N–H and O–H groups in total. The van der Waals surface area contributed by atoms with Gasteiger partial charge in [0.25, 0.3) is 0 Å². The average molecular weight is 241 g/mol. The Morgan fingerprint density at radius 2 is 1.81 bits per heavy atom. The topological polar surface area (TPSA) is 41.1 Å². The summed E-state index contributed by atoms with van der Waals surface area (Å²) in [5.41, 5.74) is 1.05. The molecular formula is C12H17ClN2O. The van der Waals surface area contributed by atoms with E-state index >= 15 is 0 Å². The van der Waals surface area contributed by atoms with Crippen LogP contribution in [0.4, 0.5) is 0 Å². The predicted molar refractivity (Wildman–Crippen MR) is 66.7 cm³/mol. The normalized spacial score (nSPS) is 18.2. The molecule has 1 heterocycles. The van der Waals surface area contributed by atoms with E-state index in [1.807, 2.05) is 18.2 Å². The van der Waals surface area contributed by atoms with Crippen molar-refractivity contribution in [1.82, 2.24) is 10.6 Å². The quantitative estimate of drug-likeness (QED) is 0.785. The van der Waals surface area contributed by atoms with Gasteiger partial charge in [0.1, 0.15) is 0 Å². The highest BCUT2D eigenvalue weighted by Crippen LogP contribution is 2.29. The first-order valence-corrected chi connectivity index (χ1v) is 5.35. The second-order valence-corrected chi connectivity index (χ2v) is 3.96. The second kappa shape index (κ2) is 5.87. The molecule has 0 radical (unpaired) electrons. The zero-order valence-corrected chi connectivity index (χ0v) is 9.93. The first-order chi connectivity index (χ1) is 7.37. The van der Waals surface area contributed by atoms with Crippen molar-refractivity contribution in [2.45, 2.75) is 18.4 Å². The van der Waals surface area contributed by atoms with Crippen LogP contribution < -0.4 is 10.6 Å². The first kappa shape index (κ1) is 13.0. The number of nitrogens with one attached hydrogen (secondary N) is 2. The zero-order chi connectivity index (χ0) is 10.6. The number of amides is 1. The van der Waals surface area contributed by atoms with Gasteiger partial charge in [-0.1, -0.05) is 30.3 Å². The van der Waals surface area contributed by atoms with Gasteiger partial charge in [-0.3, -0.25) is 4.79 Å². The van der Waals surface area contributed by atoms with Crippen molar-refractivity contribution in [1.29, 1.82) is 0 Å². The number of carbonyl (C=O) groups is 1. The van der Waals surface area contributed by atoms with Gasteiger partial charge >= 0.3 is 0 Å². The molecule has 0 spiro atoms. The summed E-state index contributed by atoms with van der Waals surface area (Å²) in [6.45, 7) is 1.91. The van der Waals surface area contributed by atoms with Gasteiger partial charge in [0, 0.05) is 0 Å². The summed E-state index contributed by atoms with van der Waals surface area (Å²) in [7, 11) is 0. The van der Waals surface area contributed by atoms with Crippen LogP contribution in [0.1, 0.15) is 18.4 Å². The Bertz CT molecular complexity index is 323. The molecule has 16 heavy (non-hydrogen) atoms. The maximum atomic E-state index is 10.7. The minimum Gasteiger partial charge on any atom is -0.349 e. The smallest absolute Gasteiger partial charge is 0.207 e. The number of carbonyl (C=O) groups excluding carboxylic acids is 1. The van der Waals surface area contributed by atoms with Crippen LogP contribution in [0.5, 0.6) is 0 Å². The minimum absolute atomic E-state index is 0. The molecule has 0 aliphatic carbocycles. The fourth-order valence-corrected chi connectivity index (χ4v) is 2.24. The Morgan fingerprint density at radius 3 is 2.38 bits per heavy atom. The van der Waals surface area contributed by atoms with Crippen molar-refractivity contribution >= 4 is 18.8 Å². The molecule has 1 amide bonds. The van der Waals surface area contributed by atoms with Gasteiger partial charge in [0.2, 0.25) is 6.41 Å². The third kappa shape index (κ3) is 2.54. The summed E-state index contributed by atoms with van der Waals surface area (Å²) >= 11 is 0. The van der Waals surface area contributed by atoms with Crippen molar-refractivity contribution in [3.63, 3.8) is 0 Å². The fraction of sp³-hybridized carbons (Fsp3) is 0.417. The van der Waals surface area contributed by atoms with Crippen LogP contribution in [0.3, 0.4) is 0 Å². The van der Waals surface area contributed by atoms with Gasteiger partial charge in [0.15, 0.2) is 0 Å². The lowest BCUT2D eigenvalue weighted by atomic mass is 9.82. The summed E-state index contributed by atoms with van der Waals surface area (Å²) in [6.07, 6.45) is 2.73. The van der Waals surface area contributed by atoms with Crippen LogP contribution in [-0.2, 0) is 10.3 Å². The van der Waals surface area contributed by atoms with Crippen molar-refractivity contribution in [2.24, 2.45) is 0 Å². The summed E-state index contributed by atoms with van der Waals surface area (Å²) in [6, 6.07) is 10.2. The molecule has 1 fully saturated rings. The summed E-state index contributed by atoms with van der Waals surface area (Å²) in [5.74, 6) is 0. The first-order valence-electron chi connectivity index (χ1n) is 5.35. The lowest BCUT2D eigenvalue weighted by Gasteiger charge is -2.37. The molecule has 1 aromatic rings. The molecule has 2 rings (SSSR count). The molecular weight excluding hydrogens is 224 g/mol. The summed E-state index contributed by atoms with van der Waals surface area (Å²) < 4.78 is 0. The van der Waals surface area contributed by atoms with Gasteiger partial charge in [-0.25, -0.2) is 0 Å². The molecule has 1 saturated heterocycles. The van der Waals surface area contributed by atoms with E-state index in [-0.39, 0.29) is 17.9 Å². The van der Waals surface area contributed by atoms with Crippen LogP contribution in [-0.4, -0.2) is 19.5 Å². The molecule has 4 heteroatoms. The third-order valence-corrected chi connectivity index (χ3v) is 3.12. The molecule has 0 bridgehead atoms. The molecule has 0 atom stereocenters. The number of benzene rings is 1. The van der Waals surface area contributed by atoms with E-state index in [2.05, 4.69) is 22.8 Å². The van der Waals surface area contributed by atoms with E-state index in [1.54, 1.807) is 0 Å². The summed E-state index contributed by atoms with van der Waals surface area (Å²) in [4.78, 5) is 10.7. The highest BCUT2D eigenvalue weighted by molar-refractivity contribution is 5.85. The number of rotatable bonds is 3. The lowest BCUT2D eigenvalue weighted by Crippen LogP contribution is -2.49. The molecule has 88 valence electrons. The van der Waals surface area contributed by atoms with Crippen LogP contribution in [0, 0.1) is 0 Å². The van der Waals surface area contributed by atoms with E-state index < -0.39 is 0 Å². The maximum Gasteiger partial charge on any atom is 0.207 e. The predicted octanol–water partition coefficient (Wildman–Crippen LogP) is 1.43. The molecule has 0 unspecified atom stereocenters. The van der Waals surface area contributed by atoms with Crippen LogP contribution in [0.2, 0.25) is 0 Å². The van der Waals surface area contributed by atoms with Crippen molar-refractivity contribution < 1.29 is 4.79 Å². The van der Waals surface area contributed by atoms with E-state index in [1.165, 1.54) is 5.56 Å². The fourth-order valence-electron chi connectivity index (χ4n) is 2.24. The van der Waals surface area contributed by atoms with Gasteiger partial charge in [-0.2, -0.15) is 0 Å². The van der Waals surface area contributed by atoms with Crippen LogP contribution in [0.15, 0.2) is 30.3 Å². The molecule has 1 aromatic carbocycles. The van der Waals surface area contributed by atoms with Gasteiger partial charge in [0.05, 0.1) is 5.54 Å².